The van der Waals surface area contributed by atoms with Crippen molar-refractivity contribution in [2.75, 3.05) is 6.61 Å². The average Bonchev–Trinajstić information content (AvgIpc) is 2.91. The van der Waals surface area contributed by atoms with Gasteiger partial charge in [-0.25, -0.2) is 0 Å². The number of hydrogen-bond acceptors (Lipinski definition) is 2. The van der Waals surface area contributed by atoms with Gasteiger partial charge in [-0.05, 0) is 55.2 Å². The van der Waals surface area contributed by atoms with E-state index in [9.17, 15) is 4.79 Å². The Morgan fingerprint density at radius 2 is 2.00 bits per heavy atom. The van der Waals surface area contributed by atoms with E-state index in [4.69, 9.17) is 4.74 Å². The molecule has 2 aliphatic carbocycles. The summed E-state index contributed by atoms with van der Waals surface area (Å²) in [6, 6.07) is 6.81. The Labute approximate surface area is 121 Å². The second-order valence-corrected chi connectivity index (χ2v) is 6.14. The molecule has 0 spiro atoms. The Balaban J connectivity index is 1.79. The first kappa shape index (κ1) is 13.7. The Morgan fingerprint density at radius 3 is 2.75 bits per heavy atom. The maximum Gasteiger partial charge on any atom is 0.313 e. The van der Waals surface area contributed by atoms with Crippen molar-refractivity contribution in [1.29, 1.82) is 0 Å². The van der Waals surface area contributed by atoms with Gasteiger partial charge >= 0.3 is 5.97 Å². The molecule has 1 atom stereocenters. The van der Waals surface area contributed by atoms with E-state index in [0.717, 1.165) is 18.8 Å². The fourth-order valence-electron chi connectivity index (χ4n) is 3.81. The van der Waals surface area contributed by atoms with Gasteiger partial charge in [0.05, 0.1) is 12.5 Å². The van der Waals surface area contributed by atoms with Crippen LogP contribution in [-0.4, -0.2) is 12.6 Å². The summed E-state index contributed by atoms with van der Waals surface area (Å²) >= 11 is 0. The second kappa shape index (κ2) is 5.99. The molecule has 20 heavy (non-hydrogen) atoms. The van der Waals surface area contributed by atoms with Gasteiger partial charge in [-0.2, -0.15) is 0 Å². The van der Waals surface area contributed by atoms with Crippen molar-refractivity contribution >= 4 is 5.97 Å². The molecule has 1 unspecified atom stereocenters. The maximum atomic E-state index is 12.0. The highest BCUT2D eigenvalue weighted by atomic mass is 16.5. The minimum Gasteiger partial charge on any atom is -0.466 e. The first-order chi connectivity index (χ1) is 9.79. The van der Waals surface area contributed by atoms with Crippen molar-refractivity contribution in [1.82, 2.24) is 0 Å². The van der Waals surface area contributed by atoms with Crippen molar-refractivity contribution in [3.05, 3.63) is 34.9 Å². The molecule has 1 saturated carbocycles. The molecule has 2 heteroatoms. The fourth-order valence-corrected chi connectivity index (χ4v) is 3.81. The molecule has 0 N–H and O–H groups in total. The smallest absolute Gasteiger partial charge is 0.313 e. The summed E-state index contributed by atoms with van der Waals surface area (Å²) in [5, 5.41) is 0. The summed E-state index contributed by atoms with van der Waals surface area (Å²) in [7, 11) is 0. The van der Waals surface area contributed by atoms with E-state index in [1.165, 1.54) is 48.8 Å². The van der Waals surface area contributed by atoms with Crippen molar-refractivity contribution in [2.45, 2.75) is 63.7 Å². The molecule has 0 radical (unpaired) electrons. The topological polar surface area (TPSA) is 26.3 Å². The molecule has 0 aromatic heterocycles. The van der Waals surface area contributed by atoms with Crippen LogP contribution < -0.4 is 0 Å². The third-order valence-corrected chi connectivity index (χ3v) is 4.89. The Hall–Kier alpha value is -1.31. The molecular weight excluding hydrogens is 248 g/mol. The maximum absolute atomic E-state index is 12.0. The predicted molar refractivity (Wildman–Crippen MR) is 80.0 cm³/mol. The van der Waals surface area contributed by atoms with Gasteiger partial charge in [-0.15, -0.1) is 0 Å². The molecule has 1 fully saturated rings. The van der Waals surface area contributed by atoms with Crippen LogP contribution >= 0.6 is 0 Å². The van der Waals surface area contributed by atoms with E-state index in [-0.39, 0.29) is 11.9 Å². The van der Waals surface area contributed by atoms with Crippen molar-refractivity contribution in [3.63, 3.8) is 0 Å². The number of rotatable bonds is 3. The molecule has 0 bridgehead atoms. The molecule has 2 nitrogen and oxygen atoms in total. The lowest BCUT2D eigenvalue weighted by atomic mass is 9.83. The van der Waals surface area contributed by atoms with Crippen LogP contribution in [0.1, 0.15) is 74.0 Å². The van der Waals surface area contributed by atoms with E-state index in [1.54, 1.807) is 0 Å². The molecule has 1 aromatic rings. The van der Waals surface area contributed by atoms with Gasteiger partial charge in [0.2, 0.25) is 0 Å². The highest BCUT2D eigenvalue weighted by Gasteiger charge is 2.30. The monoisotopic (exact) mass is 272 g/mol. The Bertz CT molecular complexity index is 486. The molecule has 2 aliphatic rings. The zero-order valence-electron chi connectivity index (χ0n) is 12.4. The molecule has 108 valence electrons. The SMILES string of the molecule is CCOC(=O)C1CCc2cc(C3CCCCC3)ccc21. The van der Waals surface area contributed by atoms with Crippen LogP contribution in [0.2, 0.25) is 0 Å². The average molecular weight is 272 g/mol. The first-order valence-corrected chi connectivity index (χ1v) is 8.09. The minimum atomic E-state index is -0.0448. The number of ether oxygens (including phenoxy) is 1. The van der Waals surface area contributed by atoms with Crippen LogP contribution in [0, 0.1) is 0 Å². The zero-order valence-corrected chi connectivity index (χ0v) is 12.4. The summed E-state index contributed by atoms with van der Waals surface area (Å²) in [6.45, 7) is 2.35. The lowest BCUT2D eigenvalue weighted by Gasteiger charge is -2.22. The normalized spacial score (nSPS) is 22.6. The highest BCUT2D eigenvalue weighted by molar-refractivity contribution is 5.79. The standard InChI is InChI=1S/C18H24O2/c1-2-20-18(19)17-11-9-15-12-14(8-10-16(15)17)13-6-4-3-5-7-13/h8,10,12-13,17H,2-7,9,11H2,1H3. The second-order valence-electron chi connectivity index (χ2n) is 6.14. The summed E-state index contributed by atoms with van der Waals surface area (Å²) < 4.78 is 5.19. The number of fused-ring (bicyclic) bond motifs is 1. The number of carbonyl (C=O) groups excluding carboxylic acids is 1. The summed E-state index contributed by atoms with van der Waals surface area (Å²) in [5.74, 6) is 0.678. The van der Waals surface area contributed by atoms with Gasteiger partial charge in [-0.3, -0.25) is 4.79 Å². The zero-order chi connectivity index (χ0) is 13.9. The molecule has 0 saturated heterocycles. The Morgan fingerprint density at radius 1 is 1.20 bits per heavy atom. The van der Waals surface area contributed by atoms with Crippen LogP contribution in [0.5, 0.6) is 0 Å². The van der Waals surface area contributed by atoms with Crippen LogP contribution in [0.4, 0.5) is 0 Å². The molecular formula is C18H24O2. The number of carbonyl (C=O) groups is 1. The van der Waals surface area contributed by atoms with Crippen molar-refractivity contribution in [3.8, 4) is 0 Å². The van der Waals surface area contributed by atoms with Crippen LogP contribution in [-0.2, 0) is 16.0 Å². The fraction of sp³-hybridized carbons (Fsp3) is 0.611. The van der Waals surface area contributed by atoms with Crippen LogP contribution in [0.3, 0.4) is 0 Å². The lowest BCUT2D eigenvalue weighted by Crippen LogP contribution is -2.13. The van der Waals surface area contributed by atoms with Gasteiger partial charge in [0.15, 0.2) is 0 Å². The number of aryl methyl sites for hydroxylation is 1. The largest absolute Gasteiger partial charge is 0.466 e. The van der Waals surface area contributed by atoms with E-state index >= 15 is 0 Å². The third kappa shape index (κ3) is 2.61. The lowest BCUT2D eigenvalue weighted by molar-refractivity contribution is -0.144. The van der Waals surface area contributed by atoms with E-state index < -0.39 is 0 Å². The highest BCUT2D eigenvalue weighted by Crippen LogP contribution is 2.38. The van der Waals surface area contributed by atoms with E-state index in [1.807, 2.05) is 6.92 Å². The van der Waals surface area contributed by atoms with E-state index in [2.05, 4.69) is 18.2 Å². The van der Waals surface area contributed by atoms with Crippen molar-refractivity contribution < 1.29 is 9.53 Å². The van der Waals surface area contributed by atoms with Crippen LogP contribution in [0.25, 0.3) is 0 Å². The first-order valence-electron chi connectivity index (χ1n) is 8.09. The van der Waals surface area contributed by atoms with Gasteiger partial charge < -0.3 is 4.74 Å². The number of benzene rings is 1. The molecule has 3 rings (SSSR count). The Kier molecular flexibility index (Phi) is 4.09. The van der Waals surface area contributed by atoms with Gasteiger partial charge in [0, 0.05) is 0 Å². The number of hydrogen-bond donors (Lipinski definition) is 0. The summed E-state index contributed by atoms with van der Waals surface area (Å²) in [6.07, 6.45) is 8.74. The quantitative estimate of drug-likeness (QED) is 0.766. The molecule has 1 aromatic carbocycles. The van der Waals surface area contributed by atoms with Crippen LogP contribution in [0.15, 0.2) is 18.2 Å². The molecule has 0 aliphatic heterocycles. The van der Waals surface area contributed by atoms with Crippen molar-refractivity contribution in [2.24, 2.45) is 0 Å². The molecule has 0 amide bonds. The molecule has 0 heterocycles. The van der Waals surface area contributed by atoms with Gasteiger partial charge in [0.25, 0.3) is 0 Å². The minimum absolute atomic E-state index is 0.0228. The van der Waals surface area contributed by atoms with Gasteiger partial charge in [0.1, 0.15) is 0 Å². The van der Waals surface area contributed by atoms with Gasteiger partial charge in [-0.1, -0.05) is 37.5 Å². The summed E-state index contributed by atoms with van der Waals surface area (Å²) in [5.41, 5.74) is 4.09. The third-order valence-electron chi connectivity index (χ3n) is 4.89. The number of esters is 1. The van der Waals surface area contributed by atoms with E-state index in [0.29, 0.717) is 6.61 Å². The summed E-state index contributed by atoms with van der Waals surface area (Å²) in [4.78, 5) is 12.0. The predicted octanol–water partition coefficient (Wildman–Crippen LogP) is 4.33.